The molecule has 3 rings (SSSR count). The maximum Gasteiger partial charge on any atom is 0.244 e. The van der Waals surface area contributed by atoms with E-state index in [-0.39, 0.29) is 23.7 Å². The standard InChI is InChI=1S/C18H23NO2S/c1-2-3-4-8-11-22-18-14(13-9-6-5-7-10-13)12-15(18)16(20)19-17(18)21/h5-7,9-10,14-15H,2-4,8,11-12H2,1H3,(H,19,20,21)/t14?,15-,18+/m1/s1. The molecule has 1 aromatic rings. The van der Waals surface area contributed by atoms with Crippen molar-refractivity contribution in [2.45, 2.75) is 49.7 Å². The molecule has 22 heavy (non-hydrogen) atoms. The molecule has 2 amide bonds. The van der Waals surface area contributed by atoms with Crippen molar-refractivity contribution in [3.63, 3.8) is 0 Å². The van der Waals surface area contributed by atoms with Gasteiger partial charge in [-0.15, -0.1) is 11.8 Å². The topological polar surface area (TPSA) is 46.2 Å². The van der Waals surface area contributed by atoms with Crippen LogP contribution in [0.3, 0.4) is 0 Å². The van der Waals surface area contributed by atoms with Crippen molar-refractivity contribution in [2.24, 2.45) is 5.92 Å². The van der Waals surface area contributed by atoms with Crippen LogP contribution in [0, 0.1) is 5.92 Å². The number of nitrogens with one attached hydrogen (secondary N) is 1. The minimum Gasteiger partial charge on any atom is -0.295 e. The maximum atomic E-state index is 12.5. The van der Waals surface area contributed by atoms with E-state index in [4.69, 9.17) is 0 Å². The number of hydrogen-bond donors (Lipinski definition) is 1. The molecule has 4 heteroatoms. The van der Waals surface area contributed by atoms with Crippen molar-refractivity contribution < 1.29 is 9.59 Å². The van der Waals surface area contributed by atoms with Crippen LogP contribution in [-0.4, -0.2) is 22.3 Å². The van der Waals surface area contributed by atoms with Gasteiger partial charge in [0.15, 0.2) is 0 Å². The molecule has 3 nitrogen and oxygen atoms in total. The molecule has 1 saturated carbocycles. The number of amides is 2. The van der Waals surface area contributed by atoms with E-state index in [2.05, 4.69) is 24.4 Å². The average Bonchev–Trinajstić information content (AvgIpc) is 2.67. The first-order chi connectivity index (χ1) is 10.7. The van der Waals surface area contributed by atoms with Gasteiger partial charge in [-0.1, -0.05) is 56.5 Å². The fraction of sp³-hybridized carbons (Fsp3) is 0.556. The predicted molar refractivity (Wildman–Crippen MR) is 89.8 cm³/mol. The molecule has 0 aromatic heterocycles. The lowest BCUT2D eigenvalue weighted by Gasteiger charge is -2.48. The van der Waals surface area contributed by atoms with Crippen LogP contribution in [-0.2, 0) is 9.59 Å². The summed E-state index contributed by atoms with van der Waals surface area (Å²) >= 11 is 1.71. The summed E-state index contributed by atoms with van der Waals surface area (Å²) in [6, 6.07) is 10.2. The second-order valence-electron chi connectivity index (χ2n) is 6.27. The van der Waals surface area contributed by atoms with E-state index in [0.717, 1.165) is 18.6 Å². The van der Waals surface area contributed by atoms with Gasteiger partial charge in [-0.3, -0.25) is 14.9 Å². The highest BCUT2D eigenvalue weighted by molar-refractivity contribution is 8.01. The van der Waals surface area contributed by atoms with E-state index in [0.29, 0.717) is 0 Å². The predicted octanol–water partition coefficient (Wildman–Crippen LogP) is 3.50. The fourth-order valence-corrected chi connectivity index (χ4v) is 5.40. The van der Waals surface area contributed by atoms with Crippen molar-refractivity contribution in [2.75, 3.05) is 5.75 Å². The Morgan fingerprint density at radius 3 is 2.59 bits per heavy atom. The number of carbonyl (C=O) groups excluding carboxylic acids is 2. The summed E-state index contributed by atoms with van der Waals surface area (Å²) in [6.07, 6.45) is 5.57. The summed E-state index contributed by atoms with van der Waals surface area (Å²) in [6.45, 7) is 2.20. The van der Waals surface area contributed by atoms with E-state index in [1.54, 1.807) is 11.8 Å². The van der Waals surface area contributed by atoms with E-state index in [1.165, 1.54) is 24.8 Å². The van der Waals surface area contributed by atoms with Crippen LogP contribution < -0.4 is 5.32 Å². The highest BCUT2D eigenvalue weighted by atomic mass is 32.2. The van der Waals surface area contributed by atoms with Crippen LogP contribution in [0.15, 0.2) is 30.3 Å². The summed E-state index contributed by atoms with van der Waals surface area (Å²) in [5.41, 5.74) is 1.18. The Bertz CT molecular complexity index is 559. The van der Waals surface area contributed by atoms with Gasteiger partial charge < -0.3 is 0 Å². The third-order valence-electron chi connectivity index (χ3n) is 4.96. The minimum atomic E-state index is -0.551. The van der Waals surface area contributed by atoms with Crippen molar-refractivity contribution in [1.29, 1.82) is 0 Å². The summed E-state index contributed by atoms with van der Waals surface area (Å²) < 4.78 is -0.551. The van der Waals surface area contributed by atoms with Crippen molar-refractivity contribution in [3.8, 4) is 0 Å². The molecule has 1 aromatic carbocycles. The zero-order chi connectivity index (χ0) is 15.6. The number of benzene rings is 1. The molecular formula is C18H23NO2S. The second kappa shape index (κ2) is 6.45. The number of rotatable bonds is 7. The van der Waals surface area contributed by atoms with Gasteiger partial charge in [-0.25, -0.2) is 0 Å². The van der Waals surface area contributed by atoms with Crippen molar-refractivity contribution in [1.82, 2.24) is 5.32 Å². The first-order valence-electron chi connectivity index (χ1n) is 8.24. The lowest BCUT2D eigenvalue weighted by Crippen LogP contribution is -2.54. The Balaban J connectivity index is 1.75. The van der Waals surface area contributed by atoms with Gasteiger partial charge in [-0.2, -0.15) is 0 Å². The molecule has 1 unspecified atom stereocenters. The Morgan fingerprint density at radius 2 is 1.91 bits per heavy atom. The molecule has 1 saturated heterocycles. The van der Waals surface area contributed by atoms with Crippen LogP contribution in [0.25, 0.3) is 0 Å². The highest BCUT2D eigenvalue weighted by Gasteiger charge is 2.67. The summed E-state index contributed by atoms with van der Waals surface area (Å²) in [5.74, 6) is 0.851. The first kappa shape index (κ1) is 15.6. The third kappa shape index (κ3) is 2.47. The van der Waals surface area contributed by atoms with E-state index >= 15 is 0 Å². The van der Waals surface area contributed by atoms with E-state index in [1.807, 2.05) is 18.2 Å². The SMILES string of the molecule is CCCCCCS[C@]12C(=O)NC(=O)[C@H]1CC2c1ccccc1. The van der Waals surface area contributed by atoms with Crippen LogP contribution in [0.1, 0.15) is 50.5 Å². The minimum absolute atomic E-state index is 0.0666. The van der Waals surface area contributed by atoms with Gasteiger partial charge in [0.25, 0.3) is 0 Å². The van der Waals surface area contributed by atoms with Gasteiger partial charge in [0, 0.05) is 5.92 Å². The number of imide groups is 1. The molecule has 0 bridgehead atoms. The lowest BCUT2D eigenvalue weighted by molar-refractivity contribution is -0.125. The smallest absolute Gasteiger partial charge is 0.244 e. The number of carbonyl (C=O) groups is 2. The first-order valence-corrected chi connectivity index (χ1v) is 9.23. The molecular weight excluding hydrogens is 294 g/mol. The van der Waals surface area contributed by atoms with E-state index < -0.39 is 4.75 Å². The van der Waals surface area contributed by atoms with Gasteiger partial charge in [0.2, 0.25) is 11.8 Å². The Kier molecular flexibility index (Phi) is 4.57. The fourth-order valence-electron chi connectivity index (χ4n) is 3.69. The molecule has 1 N–H and O–H groups in total. The summed E-state index contributed by atoms with van der Waals surface area (Å²) in [5, 5.41) is 2.57. The molecule has 3 atom stereocenters. The van der Waals surface area contributed by atoms with Gasteiger partial charge in [0.05, 0.1) is 5.92 Å². The Morgan fingerprint density at radius 1 is 1.14 bits per heavy atom. The number of fused-ring (bicyclic) bond motifs is 1. The third-order valence-corrected chi connectivity index (χ3v) is 6.68. The molecule has 118 valence electrons. The second-order valence-corrected chi connectivity index (χ2v) is 7.64. The van der Waals surface area contributed by atoms with Crippen LogP contribution in [0.2, 0.25) is 0 Å². The van der Waals surface area contributed by atoms with E-state index in [9.17, 15) is 9.59 Å². The highest BCUT2D eigenvalue weighted by Crippen LogP contribution is 2.60. The Labute approximate surface area is 136 Å². The quantitative estimate of drug-likeness (QED) is 0.618. The van der Waals surface area contributed by atoms with Crippen LogP contribution >= 0.6 is 11.8 Å². The Hall–Kier alpha value is -1.29. The molecule has 0 radical (unpaired) electrons. The molecule has 1 aliphatic carbocycles. The monoisotopic (exact) mass is 317 g/mol. The van der Waals surface area contributed by atoms with Gasteiger partial charge in [0.1, 0.15) is 4.75 Å². The maximum absolute atomic E-state index is 12.5. The zero-order valence-electron chi connectivity index (χ0n) is 13.0. The van der Waals surface area contributed by atoms with Crippen LogP contribution in [0.4, 0.5) is 0 Å². The van der Waals surface area contributed by atoms with Crippen molar-refractivity contribution >= 4 is 23.6 Å². The number of unbranched alkanes of at least 4 members (excludes halogenated alkanes) is 3. The molecule has 1 aliphatic heterocycles. The zero-order valence-corrected chi connectivity index (χ0v) is 13.8. The molecule has 1 heterocycles. The summed E-state index contributed by atoms with van der Waals surface area (Å²) in [4.78, 5) is 24.5. The number of hydrogen-bond acceptors (Lipinski definition) is 3. The largest absolute Gasteiger partial charge is 0.295 e. The lowest BCUT2D eigenvalue weighted by atomic mass is 9.62. The molecule has 0 spiro atoms. The normalized spacial score (nSPS) is 29.9. The van der Waals surface area contributed by atoms with Gasteiger partial charge in [-0.05, 0) is 24.2 Å². The average molecular weight is 317 g/mol. The number of thioether (sulfide) groups is 1. The van der Waals surface area contributed by atoms with Gasteiger partial charge >= 0.3 is 0 Å². The van der Waals surface area contributed by atoms with Crippen LogP contribution in [0.5, 0.6) is 0 Å². The summed E-state index contributed by atoms with van der Waals surface area (Å²) in [7, 11) is 0. The van der Waals surface area contributed by atoms with Crippen molar-refractivity contribution in [3.05, 3.63) is 35.9 Å². The molecule has 2 fully saturated rings. The molecule has 2 aliphatic rings.